The van der Waals surface area contributed by atoms with Crippen molar-refractivity contribution in [2.45, 2.75) is 26.3 Å². The third-order valence-corrected chi connectivity index (χ3v) is 5.77. The predicted octanol–water partition coefficient (Wildman–Crippen LogP) is 1.36. The summed E-state index contributed by atoms with van der Waals surface area (Å²) in [5.41, 5.74) is 3.08. The lowest BCUT2D eigenvalue weighted by atomic mass is 10.1. The van der Waals surface area contributed by atoms with Crippen molar-refractivity contribution in [1.29, 1.82) is 0 Å². The molecule has 1 aliphatic rings. The molecule has 1 saturated heterocycles. The Hall–Kier alpha value is -1.40. The van der Waals surface area contributed by atoms with Gasteiger partial charge in [0.1, 0.15) is 0 Å². The van der Waals surface area contributed by atoms with E-state index in [2.05, 4.69) is 5.32 Å². The summed E-state index contributed by atoms with van der Waals surface area (Å²) in [6, 6.07) is 5.73. The average Bonchev–Trinajstić information content (AvgIpc) is 2.74. The van der Waals surface area contributed by atoms with E-state index in [0.29, 0.717) is 6.42 Å². The molecule has 116 valence electrons. The van der Waals surface area contributed by atoms with Crippen LogP contribution in [0.25, 0.3) is 0 Å². The van der Waals surface area contributed by atoms with Gasteiger partial charge in [0, 0.05) is 11.7 Å². The zero-order chi connectivity index (χ0) is 15.6. The SMILES string of the molecule is Cc1ccc(NC(=O)CN(C)C2CCS(=O)(=O)C2)cc1C. The topological polar surface area (TPSA) is 66.5 Å². The number of amides is 1. The maximum atomic E-state index is 12.0. The Balaban J connectivity index is 1.91. The van der Waals surface area contributed by atoms with E-state index >= 15 is 0 Å². The summed E-state index contributed by atoms with van der Waals surface area (Å²) in [4.78, 5) is 13.9. The second-order valence-electron chi connectivity index (χ2n) is 5.82. The van der Waals surface area contributed by atoms with Crippen LogP contribution in [0.4, 0.5) is 5.69 Å². The van der Waals surface area contributed by atoms with Crippen molar-refractivity contribution in [3.63, 3.8) is 0 Å². The third kappa shape index (κ3) is 4.28. The molecule has 1 aromatic carbocycles. The second-order valence-corrected chi connectivity index (χ2v) is 8.05. The number of hydrogen-bond acceptors (Lipinski definition) is 4. The Kier molecular flexibility index (Phi) is 4.68. The molecule has 1 atom stereocenters. The van der Waals surface area contributed by atoms with Crippen LogP contribution in [0, 0.1) is 13.8 Å². The number of carbonyl (C=O) groups excluding carboxylic acids is 1. The predicted molar refractivity (Wildman–Crippen MR) is 84.2 cm³/mol. The van der Waals surface area contributed by atoms with Gasteiger partial charge in [-0.15, -0.1) is 0 Å². The van der Waals surface area contributed by atoms with E-state index in [4.69, 9.17) is 0 Å². The van der Waals surface area contributed by atoms with Gasteiger partial charge in [-0.3, -0.25) is 9.69 Å². The summed E-state index contributed by atoms with van der Waals surface area (Å²) < 4.78 is 22.9. The van der Waals surface area contributed by atoms with Gasteiger partial charge in [0.05, 0.1) is 18.1 Å². The molecule has 1 heterocycles. The van der Waals surface area contributed by atoms with Gasteiger partial charge in [-0.1, -0.05) is 6.07 Å². The first-order valence-electron chi connectivity index (χ1n) is 7.04. The van der Waals surface area contributed by atoms with Crippen molar-refractivity contribution in [3.05, 3.63) is 29.3 Å². The van der Waals surface area contributed by atoms with E-state index in [-0.39, 0.29) is 30.0 Å². The molecule has 0 bridgehead atoms. The maximum Gasteiger partial charge on any atom is 0.238 e. The number of aryl methyl sites for hydroxylation is 2. The lowest BCUT2D eigenvalue weighted by molar-refractivity contribution is -0.117. The molecule has 1 amide bonds. The zero-order valence-corrected chi connectivity index (χ0v) is 13.5. The van der Waals surface area contributed by atoms with Gasteiger partial charge in [-0.05, 0) is 50.6 Å². The number of nitrogens with zero attached hydrogens (tertiary/aromatic N) is 1. The van der Waals surface area contributed by atoms with Gasteiger partial charge in [-0.2, -0.15) is 0 Å². The standard InChI is InChI=1S/C15H22N2O3S/c1-11-4-5-13(8-12(11)2)16-15(18)9-17(3)14-6-7-21(19,20)10-14/h4-5,8,14H,6-7,9-10H2,1-3H3,(H,16,18). The van der Waals surface area contributed by atoms with E-state index in [1.165, 1.54) is 5.56 Å². The van der Waals surface area contributed by atoms with Crippen molar-refractivity contribution < 1.29 is 13.2 Å². The van der Waals surface area contributed by atoms with Gasteiger partial charge in [0.2, 0.25) is 5.91 Å². The highest BCUT2D eigenvalue weighted by Crippen LogP contribution is 2.17. The fraction of sp³-hybridized carbons (Fsp3) is 0.533. The van der Waals surface area contributed by atoms with Crippen LogP contribution < -0.4 is 5.32 Å². The van der Waals surface area contributed by atoms with E-state index in [1.807, 2.05) is 36.9 Å². The molecule has 0 aliphatic carbocycles. The Morgan fingerprint density at radius 3 is 2.62 bits per heavy atom. The number of hydrogen-bond donors (Lipinski definition) is 1. The molecule has 2 rings (SSSR count). The van der Waals surface area contributed by atoms with Crippen LogP contribution in [-0.2, 0) is 14.6 Å². The minimum atomic E-state index is -2.92. The maximum absolute atomic E-state index is 12.0. The summed E-state index contributed by atoms with van der Waals surface area (Å²) >= 11 is 0. The largest absolute Gasteiger partial charge is 0.325 e. The van der Waals surface area contributed by atoms with Gasteiger partial charge < -0.3 is 5.32 Å². The molecule has 1 N–H and O–H groups in total. The average molecular weight is 310 g/mol. The lowest BCUT2D eigenvalue weighted by Crippen LogP contribution is -2.38. The normalized spacial score (nSPS) is 20.7. The first-order valence-corrected chi connectivity index (χ1v) is 8.87. The molecule has 0 radical (unpaired) electrons. The molecule has 1 aliphatic heterocycles. The van der Waals surface area contributed by atoms with Crippen LogP contribution in [0.15, 0.2) is 18.2 Å². The molecule has 5 nitrogen and oxygen atoms in total. The number of rotatable bonds is 4. The summed E-state index contributed by atoms with van der Waals surface area (Å²) in [5.74, 6) is 0.256. The number of carbonyl (C=O) groups is 1. The molecule has 0 saturated carbocycles. The van der Waals surface area contributed by atoms with E-state index in [9.17, 15) is 13.2 Å². The minimum Gasteiger partial charge on any atom is -0.325 e. The van der Waals surface area contributed by atoms with E-state index in [0.717, 1.165) is 11.3 Å². The smallest absolute Gasteiger partial charge is 0.238 e. The molecule has 6 heteroatoms. The Morgan fingerprint density at radius 1 is 1.33 bits per heavy atom. The van der Waals surface area contributed by atoms with Crippen molar-refractivity contribution in [2.24, 2.45) is 0 Å². The Bertz CT molecular complexity index is 640. The molecule has 1 unspecified atom stereocenters. The van der Waals surface area contributed by atoms with Gasteiger partial charge in [-0.25, -0.2) is 8.42 Å². The highest BCUT2D eigenvalue weighted by molar-refractivity contribution is 7.91. The Labute approximate surface area is 126 Å². The molecule has 1 aromatic rings. The molecular formula is C15H22N2O3S. The van der Waals surface area contributed by atoms with Crippen molar-refractivity contribution >= 4 is 21.4 Å². The number of benzene rings is 1. The van der Waals surface area contributed by atoms with Crippen molar-refractivity contribution in [3.8, 4) is 0 Å². The molecule has 0 aromatic heterocycles. The van der Waals surface area contributed by atoms with Crippen molar-refractivity contribution in [2.75, 3.05) is 30.4 Å². The van der Waals surface area contributed by atoms with Crippen LogP contribution in [0.2, 0.25) is 0 Å². The fourth-order valence-electron chi connectivity index (χ4n) is 2.50. The van der Waals surface area contributed by atoms with Gasteiger partial charge >= 0.3 is 0 Å². The molecule has 1 fully saturated rings. The van der Waals surface area contributed by atoms with Crippen LogP contribution in [0.3, 0.4) is 0 Å². The van der Waals surface area contributed by atoms with E-state index < -0.39 is 9.84 Å². The van der Waals surface area contributed by atoms with Crippen LogP contribution in [0.1, 0.15) is 17.5 Å². The quantitative estimate of drug-likeness (QED) is 0.912. The highest BCUT2D eigenvalue weighted by atomic mass is 32.2. The Morgan fingerprint density at radius 2 is 2.05 bits per heavy atom. The first kappa shape index (κ1) is 16.0. The number of sulfone groups is 1. The zero-order valence-electron chi connectivity index (χ0n) is 12.7. The van der Waals surface area contributed by atoms with Crippen LogP contribution in [0.5, 0.6) is 0 Å². The lowest BCUT2D eigenvalue weighted by Gasteiger charge is -2.22. The first-order chi connectivity index (χ1) is 9.77. The summed E-state index contributed by atoms with van der Waals surface area (Å²) in [6.45, 7) is 4.23. The van der Waals surface area contributed by atoms with Gasteiger partial charge in [0.15, 0.2) is 9.84 Å². The summed E-state index contributed by atoms with van der Waals surface area (Å²) in [6.07, 6.45) is 0.607. The van der Waals surface area contributed by atoms with Crippen molar-refractivity contribution in [1.82, 2.24) is 4.90 Å². The van der Waals surface area contributed by atoms with Crippen LogP contribution >= 0.6 is 0 Å². The number of likely N-dealkylation sites (N-methyl/N-ethyl adjacent to an activating group) is 1. The summed E-state index contributed by atoms with van der Waals surface area (Å²) in [7, 11) is -1.12. The van der Waals surface area contributed by atoms with Gasteiger partial charge in [0.25, 0.3) is 0 Å². The minimum absolute atomic E-state index is 0.0551. The summed E-state index contributed by atoms with van der Waals surface area (Å²) in [5, 5.41) is 2.86. The van der Waals surface area contributed by atoms with Crippen LogP contribution in [-0.4, -0.2) is 50.4 Å². The van der Waals surface area contributed by atoms with E-state index in [1.54, 1.807) is 7.05 Å². The number of anilines is 1. The monoisotopic (exact) mass is 310 g/mol. The fourth-order valence-corrected chi connectivity index (χ4v) is 4.30. The third-order valence-electron chi connectivity index (χ3n) is 4.02. The number of nitrogens with one attached hydrogen (secondary N) is 1. The molecule has 21 heavy (non-hydrogen) atoms. The molecule has 0 spiro atoms. The molecular weight excluding hydrogens is 288 g/mol. The highest BCUT2D eigenvalue weighted by Gasteiger charge is 2.31. The second kappa shape index (κ2) is 6.15.